The lowest BCUT2D eigenvalue weighted by Gasteiger charge is -2.20. The average molecular weight is 410 g/mol. The van der Waals surface area contributed by atoms with E-state index in [1.165, 1.54) is 7.11 Å². The van der Waals surface area contributed by atoms with Crippen LogP contribution in [-0.4, -0.2) is 25.6 Å². The van der Waals surface area contributed by atoms with Crippen molar-refractivity contribution in [3.63, 3.8) is 0 Å². The highest BCUT2D eigenvalue weighted by Gasteiger charge is 2.19. The van der Waals surface area contributed by atoms with Gasteiger partial charge in [-0.3, -0.25) is 4.79 Å². The van der Waals surface area contributed by atoms with Gasteiger partial charge in [-0.05, 0) is 35.4 Å². The molecule has 29 heavy (non-hydrogen) atoms. The summed E-state index contributed by atoms with van der Waals surface area (Å²) >= 11 is 5.98. The van der Waals surface area contributed by atoms with Crippen molar-refractivity contribution in [2.45, 2.75) is 6.04 Å². The molecule has 3 aromatic carbocycles. The van der Waals surface area contributed by atoms with Gasteiger partial charge in [0.25, 0.3) is 5.91 Å². The molecule has 0 heterocycles. The molecule has 0 radical (unpaired) electrons. The molecule has 1 unspecified atom stereocenters. The summed E-state index contributed by atoms with van der Waals surface area (Å²) < 4.78 is 10.3. The van der Waals surface area contributed by atoms with Gasteiger partial charge in [-0.25, -0.2) is 4.79 Å². The first-order chi connectivity index (χ1) is 14.1. The summed E-state index contributed by atoms with van der Waals surface area (Å²) in [6, 6.07) is 23.0. The molecule has 0 bridgehead atoms. The van der Waals surface area contributed by atoms with Gasteiger partial charge in [-0.1, -0.05) is 66.2 Å². The van der Waals surface area contributed by atoms with Crippen LogP contribution in [0.15, 0.2) is 78.9 Å². The quantitative estimate of drug-likeness (QED) is 0.587. The molecule has 0 aliphatic heterocycles. The second kappa shape index (κ2) is 9.75. The lowest BCUT2D eigenvalue weighted by molar-refractivity contribution is -0.124. The maximum Gasteiger partial charge on any atom is 0.342 e. The van der Waals surface area contributed by atoms with Crippen LogP contribution in [0.4, 0.5) is 0 Å². The molecular formula is C23H20ClNO4. The van der Waals surface area contributed by atoms with Gasteiger partial charge in [0.2, 0.25) is 0 Å². The van der Waals surface area contributed by atoms with Gasteiger partial charge in [0, 0.05) is 5.02 Å². The summed E-state index contributed by atoms with van der Waals surface area (Å²) in [6.45, 7) is -0.409. The predicted octanol–water partition coefficient (Wildman–Crippen LogP) is 4.41. The standard InChI is InChI=1S/C23H20ClNO4/c1-28-20-10-6-5-9-19(20)23(27)29-15-21(26)25-22(16-7-3-2-4-8-16)17-11-13-18(24)14-12-17/h2-14,22H,15H2,1H3,(H,25,26). The number of carbonyl (C=O) groups excluding carboxylic acids is 2. The fourth-order valence-electron chi connectivity index (χ4n) is 2.88. The van der Waals surface area contributed by atoms with Crippen LogP contribution in [0.25, 0.3) is 0 Å². The fourth-order valence-corrected chi connectivity index (χ4v) is 3.01. The molecule has 0 aliphatic rings. The highest BCUT2D eigenvalue weighted by Crippen LogP contribution is 2.23. The molecule has 0 spiro atoms. The number of rotatable bonds is 7. The number of para-hydroxylation sites is 1. The van der Waals surface area contributed by atoms with Gasteiger partial charge >= 0.3 is 5.97 Å². The van der Waals surface area contributed by atoms with E-state index in [4.69, 9.17) is 21.1 Å². The first-order valence-electron chi connectivity index (χ1n) is 8.98. The first-order valence-corrected chi connectivity index (χ1v) is 9.36. The van der Waals surface area contributed by atoms with Crippen LogP contribution in [-0.2, 0) is 9.53 Å². The minimum absolute atomic E-state index is 0.264. The number of nitrogens with one attached hydrogen (secondary N) is 1. The molecule has 3 aromatic rings. The van der Waals surface area contributed by atoms with Crippen LogP contribution in [0.2, 0.25) is 5.02 Å². The normalized spacial score (nSPS) is 11.4. The zero-order chi connectivity index (χ0) is 20.6. The third-order valence-electron chi connectivity index (χ3n) is 4.30. The molecule has 1 atom stereocenters. The molecule has 0 saturated heterocycles. The van der Waals surface area contributed by atoms with Crippen molar-refractivity contribution in [3.8, 4) is 5.75 Å². The Bertz CT molecular complexity index is 974. The van der Waals surface area contributed by atoms with Crippen molar-refractivity contribution in [1.82, 2.24) is 5.32 Å². The van der Waals surface area contributed by atoms with Gasteiger partial charge < -0.3 is 14.8 Å². The number of esters is 1. The van der Waals surface area contributed by atoms with E-state index in [2.05, 4.69) is 5.32 Å². The Labute approximate surface area is 174 Å². The van der Waals surface area contributed by atoms with E-state index in [1.807, 2.05) is 42.5 Å². The molecular weight excluding hydrogens is 390 g/mol. The fraction of sp³-hybridized carbons (Fsp3) is 0.130. The Morgan fingerprint density at radius 1 is 0.897 bits per heavy atom. The summed E-state index contributed by atoms with van der Waals surface area (Å²) in [5.41, 5.74) is 2.03. The number of benzene rings is 3. The molecule has 0 saturated carbocycles. The zero-order valence-corrected chi connectivity index (χ0v) is 16.6. The average Bonchev–Trinajstić information content (AvgIpc) is 2.77. The van der Waals surface area contributed by atoms with Crippen molar-refractivity contribution >= 4 is 23.5 Å². The summed E-state index contributed by atoms with van der Waals surface area (Å²) in [4.78, 5) is 24.8. The number of methoxy groups -OCH3 is 1. The summed E-state index contributed by atoms with van der Waals surface area (Å²) in [7, 11) is 1.47. The van der Waals surface area contributed by atoms with Crippen LogP contribution in [0.1, 0.15) is 27.5 Å². The zero-order valence-electron chi connectivity index (χ0n) is 15.8. The van der Waals surface area contributed by atoms with Crippen molar-refractivity contribution in [2.75, 3.05) is 13.7 Å². The Morgan fingerprint density at radius 2 is 1.52 bits per heavy atom. The third kappa shape index (κ3) is 5.36. The first kappa shape index (κ1) is 20.4. The second-order valence-corrected chi connectivity index (χ2v) is 6.68. The number of hydrogen-bond acceptors (Lipinski definition) is 4. The van der Waals surface area contributed by atoms with Crippen molar-refractivity contribution in [3.05, 3.63) is 101 Å². The van der Waals surface area contributed by atoms with E-state index in [9.17, 15) is 9.59 Å². The molecule has 1 amide bonds. The van der Waals surface area contributed by atoms with Gasteiger partial charge in [0.05, 0.1) is 13.2 Å². The summed E-state index contributed by atoms with van der Waals surface area (Å²) in [6.07, 6.45) is 0. The number of carbonyl (C=O) groups is 2. The molecule has 0 aliphatic carbocycles. The summed E-state index contributed by atoms with van der Waals surface area (Å²) in [5.74, 6) is -0.654. The minimum atomic E-state index is -0.625. The van der Waals surface area contributed by atoms with Crippen LogP contribution >= 0.6 is 11.6 Å². The maximum atomic E-state index is 12.5. The number of amides is 1. The van der Waals surface area contributed by atoms with Gasteiger partial charge in [-0.2, -0.15) is 0 Å². The van der Waals surface area contributed by atoms with Crippen molar-refractivity contribution in [1.29, 1.82) is 0 Å². The van der Waals surface area contributed by atoms with Gasteiger partial charge in [0.1, 0.15) is 11.3 Å². The van der Waals surface area contributed by atoms with E-state index in [-0.39, 0.29) is 5.56 Å². The molecule has 5 nitrogen and oxygen atoms in total. The Hall–Kier alpha value is -3.31. The lowest BCUT2D eigenvalue weighted by atomic mass is 9.99. The lowest BCUT2D eigenvalue weighted by Crippen LogP contribution is -2.33. The monoisotopic (exact) mass is 409 g/mol. The topological polar surface area (TPSA) is 64.6 Å². The van der Waals surface area contributed by atoms with Crippen LogP contribution in [0, 0.1) is 0 Å². The van der Waals surface area contributed by atoms with E-state index >= 15 is 0 Å². The Morgan fingerprint density at radius 3 is 2.21 bits per heavy atom. The minimum Gasteiger partial charge on any atom is -0.496 e. The third-order valence-corrected chi connectivity index (χ3v) is 4.55. The molecule has 3 rings (SSSR count). The molecule has 6 heteroatoms. The molecule has 148 valence electrons. The van der Waals surface area contributed by atoms with E-state index in [1.54, 1.807) is 36.4 Å². The molecule has 0 aromatic heterocycles. The van der Waals surface area contributed by atoms with Crippen LogP contribution < -0.4 is 10.1 Å². The highest BCUT2D eigenvalue weighted by molar-refractivity contribution is 6.30. The number of ether oxygens (including phenoxy) is 2. The molecule has 1 N–H and O–H groups in total. The second-order valence-electron chi connectivity index (χ2n) is 6.24. The van der Waals surface area contributed by atoms with E-state index < -0.39 is 24.5 Å². The van der Waals surface area contributed by atoms with Crippen LogP contribution in [0.3, 0.4) is 0 Å². The van der Waals surface area contributed by atoms with E-state index in [0.717, 1.165) is 11.1 Å². The van der Waals surface area contributed by atoms with Crippen LogP contribution in [0.5, 0.6) is 5.75 Å². The van der Waals surface area contributed by atoms with Gasteiger partial charge in [0.15, 0.2) is 6.61 Å². The summed E-state index contributed by atoms with van der Waals surface area (Å²) in [5, 5.41) is 3.52. The Balaban J connectivity index is 1.70. The van der Waals surface area contributed by atoms with Crippen molar-refractivity contribution in [2.24, 2.45) is 0 Å². The van der Waals surface area contributed by atoms with E-state index in [0.29, 0.717) is 10.8 Å². The molecule has 0 fully saturated rings. The SMILES string of the molecule is COc1ccccc1C(=O)OCC(=O)NC(c1ccccc1)c1ccc(Cl)cc1. The number of hydrogen-bond donors (Lipinski definition) is 1. The Kier molecular flexibility index (Phi) is 6.87. The van der Waals surface area contributed by atoms with Crippen molar-refractivity contribution < 1.29 is 19.1 Å². The predicted molar refractivity (Wildman–Crippen MR) is 111 cm³/mol. The number of halogens is 1. The van der Waals surface area contributed by atoms with Gasteiger partial charge in [-0.15, -0.1) is 0 Å². The largest absolute Gasteiger partial charge is 0.496 e. The highest BCUT2D eigenvalue weighted by atomic mass is 35.5. The smallest absolute Gasteiger partial charge is 0.342 e. The maximum absolute atomic E-state index is 12.5.